The van der Waals surface area contributed by atoms with Crippen LogP contribution in [0.3, 0.4) is 0 Å². The summed E-state index contributed by atoms with van der Waals surface area (Å²) in [4.78, 5) is 0. The van der Waals surface area contributed by atoms with Crippen LogP contribution >= 0.6 is 0 Å². The molecule has 0 radical (unpaired) electrons. The minimum Gasteiger partial charge on any atom is -0.383 e. The SMILES string of the molecule is COCCNCC1CCCN(S(=O)(=O)CC2CC2)C1. The van der Waals surface area contributed by atoms with Gasteiger partial charge in [0.05, 0.1) is 12.4 Å². The van der Waals surface area contributed by atoms with Gasteiger partial charge in [0.15, 0.2) is 0 Å². The summed E-state index contributed by atoms with van der Waals surface area (Å²) in [7, 11) is -1.32. The predicted octanol–water partition coefficient (Wildman–Crippen LogP) is 0.674. The summed E-state index contributed by atoms with van der Waals surface area (Å²) >= 11 is 0. The Labute approximate surface area is 116 Å². The molecule has 2 aliphatic rings. The van der Waals surface area contributed by atoms with Crippen LogP contribution in [0.5, 0.6) is 0 Å². The maximum absolute atomic E-state index is 12.2. The fraction of sp³-hybridized carbons (Fsp3) is 1.00. The first-order valence-electron chi connectivity index (χ1n) is 7.29. The molecule has 0 aromatic rings. The number of ether oxygens (including phenoxy) is 1. The number of piperidine rings is 1. The number of hydrogen-bond donors (Lipinski definition) is 1. The molecular formula is C13H26N2O3S. The first-order valence-corrected chi connectivity index (χ1v) is 8.90. The third-order valence-corrected chi connectivity index (χ3v) is 5.95. The summed E-state index contributed by atoms with van der Waals surface area (Å²) in [6.45, 7) is 3.83. The van der Waals surface area contributed by atoms with E-state index in [2.05, 4.69) is 5.32 Å². The Kier molecular flexibility index (Phi) is 5.62. The highest BCUT2D eigenvalue weighted by Gasteiger charge is 2.34. The lowest BCUT2D eigenvalue weighted by atomic mass is 10.00. The van der Waals surface area contributed by atoms with Crippen LogP contribution in [0.4, 0.5) is 0 Å². The number of rotatable bonds is 8. The molecule has 1 saturated carbocycles. The lowest BCUT2D eigenvalue weighted by Crippen LogP contribution is -2.44. The zero-order valence-electron chi connectivity index (χ0n) is 11.8. The van der Waals surface area contributed by atoms with E-state index in [1.165, 1.54) is 0 Å². The average molecular weight is 290 g/mol. The molecule has 6 heteroatoms. The van der Waals surface area contributed by atoms with Crippen molar-refractivity contribution < 1.29 is 13.2 Å². The van der Waals surface area contributed by atoms with Crippen LogP contribution in [0.2, 0.25) is 0 Å². The zero-order valence-corrected chi connectivity index (χ0v) is 12.6. The molecule has 2 fully saturated rings. The third kappa shape index (κ3) is 5.02. The van der Waals surface area contributed by atoms with Gasteiger partial charge in [-0.15, -0.1) is 0 Å². The van der Waals surface area contributed by atoms with E-state index in [0.717, 1.165) is 38.8 Å². The Morgan fingerprint density at radius 1 is 1.26 bits per heavy atom. The van der Waals surface area contributed by atoms with Crippen LogP contribution in [0.15, 0.2) is 0 Å². The van der Waals surface area contributed by atoms with Crippen molar-refractivity contribution >= 4 is 10.0 Å². The minimum atomic E-state index is -3.01. The molecule has 1 N–H and O–H groups in total. The van der Waals surface area contributed by atoms with Crippen LogP contribution in [-0.4, -0.2) is 58.4 Å². The summed E-state index contributed by atoms with van der Waals surface area (Å²) in [5.41, 5.74) is 0. The standard InChI is InChI=1S/C13H26N2O3S/c1-18-8-6-14-9-13-3-2-7-15(10-13)19(16,17)11-12-4-5-12/h12-14H,2-11H2,1H3. The molecule has 19 heavy (non-hydrogen) atoms. The van der Waals surface area contributed by atoms with Gasteiger partial charge in [0.1, 0.15) is 0 Å². The number of nitrogens with zero attached hydrogens (tertiary/aromatic N) is 1. The Balaban J connectivity index is 1.76. The molecule has 112 valence electrons. The van der Waals surface area contributed by atoms with Crippen molar-refractivity contribution in [1.82, 2.24) is 9.62 Å². The predicted molar refractivity (Wildman–Crippen MR) is 75.6 cm³/mol. The topological polar surface area (TPSA) is 58.6 Å². The maximum Gasteiger partial charge on any atom is 0.214 e. The molecule has 5 nitrogen and oxygen atoms in total. The van der Waals surface area contributed by atoms with Crippen LogP contribution in [0.1, 0.15) is 25.7 Å². The van der Waals surface area contributed by atoms with E-state index in [0.29, 0.717) is 37.3 Å². The van der Waals surface area contributed by atoms with Crippen LogP contribution < -0.4 is 5.32 Å². The molecule has 1 unspecified atom stereocenters. The Morgan fingerprint density at radius 3 is 2.74 bits per heavy atom. The van der Waals surface area contributed by atoms with Gasteiger partial charge in [-0.3, -0.25) is 0 Å². The molecule has 1 saturated heterocycles. The van der Waals surface area contributed by atoms with Gasteiger partial charge in [0.25, 0.3) is 0 Å². The van der Waals surface area contributed by atoms with E-state index >= 15 is 0 Å². The lowest BCUT2D eigenvalue weighted by molar-refractivity contribution is 0.193. The summed E-state index contributed by atoms with van der Waals surface area (Å²) in [6, 6.07) is 0. The molecule has 0 aromatic carbocycles. The fourth-order valence-corrected chi connectivity index (χ4v) is 4.60. The van der Waals surface area contributed by atoms with Gasteiger partial charge in [-0.05, 0) is 44.1 Å². The zero-order chi connectivity index (χ0) is 13.7. The molecule has 0 aromatic heterocycles. The van der Waals surface area contributed by atoms with E-state index in [1.54, 1.807) is 11.4 Å². The highest BCUT2D eigenvalue weighted by molar-refractivity contribution is 7.89. The van der Waals surface area contributed by atoms with Crippen molar-refractivity contribution in [3.05, 3.63) is 0 Å². The van der Waals surface area contributed by atoms with E-state index in [-0.39, 0.29) is 0 Å². The fourth-order valence-electron chi connectivity index (χ4n) is 2.61. The van der Waals surface area contributed by atoms with Gasteiger partial charge in [0, 0.05) is 26.7 Å². The molecule has 2 rings (SSSR count). The van der Waals surface area contributed by atoms with Crippen molar-refractivity contribution in [2.75, 3.05) is 45.6 Å². The second-order valence-corrected chi connectivity index (χ2v) is 7.80. The van der Waals surface area contributed by atoms with Gasteiger partial charge in [0.2, 0.25) is 10.0 Å². The van der Waals surface area contributed by atoms with Crippen molar-refractivity contribution in [3.63, 3.8) is 0 Å². The van der Waals surface area contributed by atoms with Gasteiger partial charge in [-0.25, -0.2) is 12.7 Å². The highest BCUT2D eigenvalue weighted by atomic mass is 32.2. The van der Waals surface area contributed by atoms with Crippen molar-refractivity contribution in [3.8, 4) is 0 Å². The average Bonchev–Trinajstić information content (AvgIpc) is 3.18. The minimum absolute atomic E-state index is 0.372. The first kappa shape index (κ1) is 15.2. The van der Waals surface area contributed by atoms with Crippen molar-refractivity contribution in [2.45, 2.75) is 25.7 Å². The Hall–Kier alpha value is -0.170. The summed E-state index contributed by atoms with van der Waals surface area (Å²) in [5.74, 6) is 1.25. The maximum atomic E-state index is 12.2. The molecule has 1 aliphatic heterocycles. The van der Waals surface area contributed by atoms with Crippen molar-refractivity contribution in [1.29, 1.82) is 0 Å². The number of sulfonamides is 1. The molecule has 0 spiro atoms. The molecule has 1 aliphatic carbocycles. The summed E-state index contributed by atoms with van der Waals surface area (Å²) in [6.07, 6.45) is 4.29. The monoisotopic (exact) mass is 290 g/mol. The Bertz CT molecular complexity index is 368. The van der Waals surface area contributed by atoms with E-state index < -0.39 is 10.0 Å². The van der Waals surface area contributed by atoms with Crippen LogP contribution in [-0.2, 0) is 14.8 Å². The second-order valence-electron chi connectivity index (χ2n) is 5.79. The number of nitrogens with one attached hydrogen (secondary N) is 1. The van der Waals surface area contributed by atoms with Gasteiger partial charge < -0.3 is 10.1 Å². The normalized spacial score (nSPS) is 25.6. The van der Waals surface area contributed by atoms with Crippen LogP contribution in [0, 0.1) is 11.8 Å². The largest absolute Gasteiger partial charge is 0.383 e. The molecule has 0 bridgehead atoms. The van der Waals surface area contributed by atoms with E-state index in [4.69, 9.17) is 4.74 Å². The molecular weight excluding hydrogens is 264 g/mol. The summed E-state index contributed by atoms with van der Waals surface area (Å²) in [5, 5.41) is 3.33. The van der Waals surface area contributed by atoms with Gasteiger partial charge >= 0.3 is 0 Å². The van der Waals surface area contributed by atoms with E-state index in [1.807, 2.05) is 0 Å². The third-order valence-electron chi connectivity index (χ3n) is 3.93. The van der Waals surface area contributed by atoms with Crippen molar-refractivity contribution in [2.24, 2.45) is 11.8 Å². The Morgan fingerprint density at radius 2 is 2.05 bits per heavy atom. The van der Waals surface area contributed by atoms with Gasteiger partial charge in [-0.2, -0.15) is 0 Å². The number of methoxy groups -OCH3 is 1. The summed E-state index contributed by atoms with van der Waals surface area (Å²) < 4.78 is 31.2. The van der Waals surface area contributed by atoms with Crippen LogP contribution in [0.25, 0.3) is 0 Å². The lowest BCUT2D eigenvalue weighted by Gasteiger charge is -2.32. The second kappa shape index (κ2) is 7.02. The quantitative estimate of drug-likeness (QED) is 0.668. The number of hydrogen-bond acceptors (Lipinski definition) is 4. The van der Waals surface area contributed by atoms with Gasteiger partial charge in [-0.1, -0.05) is 0 Å². The molecule has 0 amide bonds. The highest BCUT2D eigenvalue weighted by Crippen LogP contribution is 2.32. The van der Waals surface area contributed by atoms with E-state index in [9.17, 15) is 8.42 Å². The smallest absolute Gasteiger partial charge is 0.214 e. The first-order chi connectivity index (χ1) is 9.12. The molecule has 1 heterocycles. The molecule has 1 atom stereocenters.